The van der Waals surface area contributed by atoms with Gasteiger partial charge in [0.2, 0.25) is 11.8 Å². The molecule has 0 radical (unpaired) electrons. The first-order valence-corrected chi connectivity index (χ1v) is 10.6. The largest absolute Gasteiger partial charge is 0.494 e. The van der Waals surface area contributed by atoms with Crippen molar-refractivity contribution >= 4 is 11.8 Å². The second-order valence-corrected chi connectivity index (χ2v) is 8.36. The summed E-state index contributed by atoms with van der Waals surface area (Å²) in [5.41, 5.74) is 0.375. The fraction of sp³-hybridized carbons (Fsp3) is 0.500. The third-order valence-corrected chi connectivity index (χ3v) is 6.19. The summed E-state index contributed by atoms with van der Waals surface area (Å²) >= 11 is 0. The minimum absolute atomic E-state index is 0.00432. The van der Waals surface area contributed by atoms with Gasteiger partial charge in [-0.15, -0.1) is 6.58 Å². The van der Waals surface area contributed by atoms with Crippen LogP contribution in [-0.2, 0) is 16.0 Å². The standard InChI is InChI=1S/C24H31FN2O3/c1-4-6-19-8-5-7-17(2)27(19)23(29)12-14-24(13-11-22(28)26-24)16-18-9-10-20(25)21(15-18)30-3/h4-5,7,9-10,15,17,19H,1,6,8,11-14,16H2,2-3H3,(H,26,28)/t17-,19-,24+/m1/s1. The van der Waals surface area contributed by atoms with E-state index in [-0.39, 0.29) is 29.6 Å². The second-order valence-electron chi connectivity index (χ2n) is 8.36. The predicted octanol–water partition coefficient (Wildman–Crippen LogP) is 3.93. The quantitative estimate of drug-likeness (QED) is 0.656. The molecule has 1 N–H and O–H groups in total. The van der Waals surface area contributed by atoms with Crippen molar-refractivity contribution in [3.63, 3.8) is 0 Å². The van der Waals surface area contributed by atoms with E-state index in [1.807, 2.05) is 17.9 Å². The normalized spacial score (nSPS) is 25.8. The summed E-state index contributed by atoms with van der Waals surface area (Å²) < 4.78 is 18.9. The fourth-order valence-electron chi connectivity index (χ4n) is 4.67. The second kappa shape index (κ2) is 9.45. The number of hydrogen-bond acceptors (Lipinski definition) is 3. The number of ether oxygens (including phenoxy) is 1. The number of methoxy groups -OCH3 is 1. The van der Waals surface area contributed by atoms with Crippen molar-refractivity contribution < 1.29 is 18.7 Å². The van der Waals surface area contributed by atoms with Gasteiger partial charge in [0.05, 0.1) is 7.11 Å². The molecule has 1 aromatic carbocycles. The lowest BCUT2D eigenvalue weighted by atomic mass is 9.84. The summed E-state index contributed by atoms with van der Waals surface area (Å²) in [5.74, 6) is -0.142. The highest BCUT2D eigenvalue weighted by Crippen LogP contribution is 2.32. The van der Waals surface area contributed by atoms with Gasteiger partial charge in [-0.3, -0.25) is 9.59 Å². The molecule has 2 aliphatic rings. The van der Waals surface area contributed by atoms with Gasteiger partial charge in [0.25, 0.3) is 0 Å². The Hall–Kier alpha value is -2.63. The van der Waals surface area contributed by atoms with Crippen molar-refractivity contribution in [1.29, 1.82) is 0 Å². The Labute approximate surface area is 178 Å². The Morgan fingerprint density at radius 2 is 2.27 bits per heavy atom. The van der Waals surface area contributed by atoms with Gasteiger partial charge < -0.3 is 15.0 Å². The number of carbonyl (C=O) groups excluding carboxylic acids is 2. The molecule has 162 valence electrons. The molecule has 0 aliphatic carbocycles. The lowest BCUT2D eigenvalue weighted by molar-refractivity contribution is -0.135. The van der Waals surface area contributed by atoms with Gasteiger partial charge in [-0.1, -0.05) is 24.3 Å². The minimum Gasteiger partial charge on any atom is -0.494 e. The number of halogens is 1. The summed E-state index contributed by atoms with van der Waals surface area (Å²) in [4.78, 5) is 27.1. The van der Waals surface area contributed by atoms with E-state index in [0.29, 0.717) is 32.1 Å². The van der Waals surface area contributed by atoms with Crippen molar-refractivity contribution in [3.05, 3.63) is 54.4 Å². The number of benzene rings is 1. The molecule has 30 heavy (non-hydrogen) atoms. The number of hydrogen-bond donors (Lipinski definition) is 1. The highest BCUT2D eigenvalue weighted by atomic mass is 19.1. The average Bonchev–Trinajstić information content (AvgIpc) is 3.09. The van der Waals surface area contributed by atoms with Crippen molar-refractivity contribution in [3.8, 4) is 5.75 Å². The Kier molecular flexibility index (Phi) is 6.95. The Morgan fingerprint density at radius 3 is 2.93 bits per heavy atom. The molecule has 2 heterocycles. The van der Waals surface area contributed by atoms with Crippen molar-refractivity contribution in [2.24, 2.45) is 0 Å². The average molecular weight is 415 g/mol. The SMILES string of the molecule is C=CC[C@@H]1CC=C[C@@H](C)N1C(=O)CC[C@]1(Cc2ccc(F)c(OC)c2)CCC(=O)N1. The van der Waals surface area contributed by atoms with Crippen LogP contribution in [0.3, 0.4) is 0 Å². The molecule has 0 unspecified atom stereocenters. The Bertz CT molecular complexity index is 838. The predicted molar refractivity (Wildman–Crippen MR) is 115 cm³/mol. The molecule has 6 heteroatoms. The molecule has 0 spiro atoms. The van der Waals surface area contributed by atoms with Gasteiger partial charge in [0.15, 0.2) is 11.6 Å². The third-order valence-electron chi connectivity index (χ3n) is 6.19. The zero-order chi connectivity index (χ0) is 21.7. The topological polar surface area (TPSA) is 58.6 Å². The van der Waals surface area contributed by atoms with Crippen LogP contribution in [0.2, 0.25) is 0 Å². The molecule has 3 rings (SSSR count). The van der Waals surface area contributed by atoms with Crippen LogP contribution in [-0.4, -0.2) is 41.4 Å². The molecule has 1 saturated heterocycles. The van der Waals surface area contributed by atoms with Crippen molar-refractivity contribution in [1.82, 2.24) is 10.2 Å². The Balaban J connectivity index is 1.73. The van der Waals surface area contributed by atoms with E-state index in [9.17, 15) is 14.0 Å². The summed E-state index contributed by atoms with van der Waals surface area (Å²) in [5, 5.41) is 3.10. The maximum absolute atomic E-state index is 13.8. The van der Waals surface area contributed by atoms with Gasteiger partial charge in [-0.25, -0.2) is 4.39 Å². The number of nitrogens with zero attached hydrogens (tertiary/aromatic N) is 1. The minimum atomic E-state index is -0.502. The van der Waals surface area contributed by atoms with Crippen LogP contribution in [0.25, 0.3) is 0 Å². The zero-order valence-electron chi connectivity index (χ0n) is 17.8. The number of amides is 2. The lowest BCUT2D eigenvalue weighted by Crippen LogP contribution is -2.49. The molecule has 2 aliphatic heterocycles. The van der Waals surface area contributed by atoms with Gasteiger partial charge in [0.1, 0.15) is 0 Å². The monoisotopic (exact) mass is 414 g/mol. The fourth-order valence-corrected chi connectivity index (χ4v) is 4.67. The number of nitrogens with one attached hydrogen (secondary N) is 1. The van der Waals surface area contributed by atoms with Crippen LogP contribution in [0, 0.1) is 5.82 Å². The smallest absolute Gasteiger partial charge is 0.223 e. The lowest BCUT2D eigenvalue weighted by Gasteiger charge is -2.38. The van der Waals surface area contributed by atoms with E-state index < -0.39 is 11.4 Å². The molecule has 0 aromatic heterocycles. The molecule has 0 bridgehead atoms. The molecular weight excluding hydrogens is 383 g/mol. The van der Waals surface area contributed by atoms with Gasteiger partial charge >= 0.3 is 0 Å². The first kappa shape index (κ1) is 22.1. The van der Waals surface area contributed by atoms with Crippen LogP contribution in [0.5, 0.6) is 5.75 Å². The van der Waals surface area contributed by atoms with Gasteiger partial charge in [-0.2, -0.15) is 0 Å². The molecule has 2 amide bonds. The first-order valence-electron chi connectivity index (χ1n) is 10.6. The molecule has 1 fully saturated rings. The maximum atomic E-state index is 13.8. The van der Waals surface area contributed by atoms with E-state index in [1.54, 1.807) is 12.1 Å². The van der Waals surface area contributed by atoms with E-state index in [2.05, 4.69) is 24.0 Å². The molecule has 0 saturated carbocycles. The van der Waals surface area contributed by atoms with Crippen LogP contribution >= 0.6 is 0 Å². The summed E-state index contributed by atoms with van der Waals surface area (Å²) in [6, 6.07) is 4.94. The highest BCUT2D eigenvalue weighted by molar-refractivity contribution is 5.80. The van der Waals surface area contributed by atoms with Gasteiger partial charge in [0, 0.05) is 30.5 Å². The number of carbonyl (C=O) groups is 2. The summed E-state index contributed by atoms with van der Waals surface area (Å²) in [7, 11) is 1.43. The van der Waals surface area contributed by atoms with E-state index >= 15 is 0 Å². The molecule has 5 nitrogen and oxygen atoms in total. The summed E-state index contributed by atoms with van der Waals surface area (Å²) in [6.07, 6.45) is 10.2. The van der Waals surface area contributed by atoms with Crippen LogP contribution in [0.4, 0.5) is 4.39 Å². The first-order chi connectivity index (χ1) is 14.4. The Morgan fingerprint density at radius 1 is 1.47 bits per heavy atom. The van der Waals surface area contributed by atoms with E-state index in [0.717, 1.165) is 18.4 Å². The van der Waals surface area contributed by atoms with Crippen LogP contribution in [0.15, 0.2) is 43.0 Å². The highest BCUT2D eigenvalue weighted by Gasteiger charge is 2.39. The third kappa shape index (κ3) is 4.91. The molecule has 1 aromatic rings. The van der Waals surface area contributed by atoms with Crippen molar-refractivity contribution in [2.45, 2.75) is 69.5 Å². The summed E-state index contributed by atoms with van der Waals surface area (Å²) in [6.45, 7) is 5.85. The molecular formula is C24H31FN2O3. The number of rotatable bonds is 8. The van der Waals surface area contributed by atoms with E-state index in [1.165, 1.54) is 13.2 Å². The maximum Gasteiger partial charge on any atom is 0.223 e. The van der Waals surface area contributed by atoms with E-state index in [4.69, 9.17) is 4.74 Å². The van der Waals surface area contributed by atoms with Crippen molar-refractivity contribution in [2.75, 3.05) is 7.11 Å². The zero-order valence-corrected chi connectivity index (χ0v) is 17.8. The van der Waals surface area contributed by atoms with Gasteiger partial charge in [-0.05, 0) is 56.7 Å². The molecule has 3 atom stereocenters. The van der Waals surface area contributed by atoms with Crippen LogP contribution in [0.1, 0.15) is 51.0 Å². The van der Waals surface area contributed by atoms with Crippen LogP contribution < -0.4 is 10.1 Å².